The monoisotopic (exact) mass is 284 g/mol. The molecule has 0 aliphatic heterocycles. The Labute approximate surface area is 137 Å². The molecular weight excluding hydrogens is 271 g/mol. The van der Waals surface area contributed by atoms with Crippen LogP contribution in [0.15, 0.2) is 54.6 Å². The first-order chi connectivity index (χ1) is 9.00. The zero-order chi connectivity index (χ0) is 14.3. The Kier molecular flexibility index (Phi) is 8.31. The topological polar surface area (TPSA) is 94.8 Å². The number of carboxylic acid groups (broad SMARTS) is 2. The summed E-state index contributed by atoms with van der Waals surface area (Å²) in [5.74, 6) is -1.79. The normalized spacial score (nSPS) is 8.60. The molecule has 0 spiro atoms. The Bertz CT molecular complexity index is 552. The van der Waals surface area contributed by atoms with Crippen molar-refractivity contribution in [2.24, 2.45) is 0 Å². The number of aromatic carboxylic acids is 2. The zero-order valence-corrected chi connectivity index (χ0v) is 9.85. The molecule has 0 bridgehead atoms. The van der Waals surface area contributed by atoms with E-state index in [1.165, 1.54) is 24.3 Å². The van der Waals surface area contributed by atoms with Gasteiger partial charge in [0.15, 0.2) is 0 Å². The van der Waals surface area contributed by atoms with Crippen molar-refractivity contribution in [2.75, 3.05) is 0 Å². The first kappa shape index (κ1) is 18.2. The number of hydrogen-bond donors (Lipinski definition) is 3. The van der Waals surface area contributed by atoms with E-state index in [0.717, 1.165) is 0 Å². The second kappa shape index (κ2) is 9.14. The van der Waals surface area contributed by atoms with Crippen LogP contribution in [-0.4, -0.2) is 56.8 Å². The van der Waals surface area contributed by atoms with E-state index in [9.17, 15) is 9.59 Å². The van der Waals surface area contributed by atoms with Gasteiger partial charge >= 0.3 is 41.5 Å². The molecule has 0 aliphatic rings. The minimum absolute atomic E-state index is 0. The molecule has 5 nitrogen and oxygen atoms in total. The van der Waals surface area contributed by atoms with E-state index in [1.54, 1.807) is 30.3 Å². The third kappa shape index (κ3) is 6.38. The fourth-order valence-corrected chi connectivity index (χ4v) is 1.18. The summed E-state index contributed by atoms with van der Waals surface area (Å²) in [4.78, 5) is 20.4. The van der Waals surface area contributed by atoms with Crippen LogP contribution >= 0.6 is 0 Å². The van der Waals surface area contributed by atoms with Crippen LogP contribution in [0.3, 0.4) is 0 Å². The van der Waals surface area contributed by atoms with Crippen LogP contribution < -0.4 is 0 Å². The number of carboxylic acids is 2. The van der Waals surface area contributed by atoms with Crippen LogP contribution in [0.5, 0.6) is 5.75 Å². The zero-order valence-electron chi connectivity index (χ0n) is 9.85. The molecule has 0 unspecified atom stereocenters. The van der Waals surface area contributed by atoms with Gasteiger partial charge in [-0.1, -0.05) is 18.2 Å². The molecule has 3 N–H and O–H groups in total. The summed E-state index contributed by atoms with van der Waals surface area (Å²) in [5.41, 5.74) is 0.510. The standard InChI is InChI=1S/C7H6O3.C7H6O2.Na.H/c8-6-3-1-5(2-4-6)7(9)10;8-7(9)6-4-2-1-3-5-6;;/h1-4,8H,(H,9,10);1-5H,(H,8,9);;. The van der Waals surface area contributed by atoms with Gasteiger partial charge in [0.05, 0.1) is 11.1 Å². The van der Waals surface area contributed by atoms with Crippen molar-refractivity contribution in [3.63, 3.8) is 0 Å². The molecule has 2 aromatic carbocycles. The number of phenolic OH excluding ortho intramolecular Hbond substituents is 1. The maximum absolute atomic E-state index is 10.2. The second-order valence-corrected chi connectivity index (χ2v) is 3.52. The predicted molar refractivity (Wildman–Crippen MR) is 75.6 cm³/mol. The molecule has 0 aliphatic carbocycles. The third-order valence-electron chi connectivity index (χ3n) is 2.13. The first-order valence-corrected chi connectivity index (χ1v) is 5.31. The van der Waals surface area contributed by atoms with Crippen molar-refractivity contribution in [3.8, 4) is 5.75 Å². The molecule has 0 aromatic heterocycles. The van der Waals surface area contributed by atoms with Gasteiger partial charge in [-0.25, -0.2) is 9.59 Å². The van der Waals surface area contributed by atoms with E-state index in [4.69, 9.17) is 15.3 Å². The predicted octanol–water partition coefficient (Wildman–Crippen LogP) is 1.83. The number of phenols is 1. The summed E-state index contributed by atoms with van der Waals surface area (Å²) in [6, 6.07) is 13.7. The Morgan fingerprint density at radius 3 is 1.45 bits per heavy atom. The van der Waals surface area contributed by atoms with Crippen LogP contribution in [-0.2, 0) is 0 Å². The fourth-order valence-electron chi connectivity index (χ4n) is 1.18. The molecule has 6 heteroatoms. The molecule has 0 saturated carbocycles. The van der Waals surface area contributed by atoms with E-state index >= 15 is 0 Å². The van der Waals surface area contributed by atoms with E-state index in [-0.39, 0.29) is 40.9 Å². The van der Waals surface area contributed by atoms with Gasteiger partial charge in [0.2, 0.25) is 0 Å². The molecule has 0 radical (unpaired) electrons. The van der Waals surface area contributed by atoms with Crippen LogP contribution in [0.25, 0.3) is 0 Å². The van der Waals surface area contributed by atoms with Crippen molar-refractivity contribution in [1.82, 2.24) is 0 Å². The first-order valence-electron chi connectivity index (χ1n) is 5.31. The van der Waals surface area contributed by atoms with Gasteiger partial charge in [0.1, 0.15) is 5.75 Å². The van der Waals surface area contributed by atoms with Crippen LogP contribution in [0, 0.1) is 0 Å². The summed E-state index contributed by atoms with van der Waals surface area (Å²) in [6.45, 7) is 0. The Balaban J connectivity index is 0.000000345. The van der Waals surface area contributed by atoms with Crippen molar-refractivity contribution in [2.45, 2.75) is 0 Å². The van der Waals surface area contributed by atoms with E-state index in [0.29, 0.717) is 5.56 Å². The number of rotatable bonds is 2. The Hall–Kier alpha value is -1.82. The average Bonchev–Trinajstić information content (AvgIpc) is 2.41. The van der Waals surface area contributed by atoms with Crippen LogP contribution in [0.2, 0.25) is 0 Å². The second-order valence-electron chi connectivity index (χ2n) is 3.52. The van der Waals surface area contributed by atoms with Gasteiger partial charge in [-0.05, 0) is 36.4 Å². The summed E-state index contributed by atoms with van der Waals surface area (Å²) in [6.07, 6.45) is 0. The van der Waals surface area contributed by atoms with Gasteiger partial charge in [0, 0.05) is 0 Å². The van der Waals surface area contributed by atoms with Gasteiger partial charge < -0.3 is 15.3 Å². The quantitative estimate of drug-likeness (QED) is 0.731. The average molecular weight is 284 g/mol. The molecule has 0 fully saturated rings. The molecule has 0 heterocycles. The third-order valence-corrected chi connectivity index (χ3v) is 2.13. The maximum atomic E-state index is 10.2. The molecule has 2 rings (SSSR count). The van der Waals surface area contributed by atoms with Gasteiger partial charge in [-0.3, -0.25) is 0 Å². The molecule has 0 amide bonds. The molecule has 100 valence electrons. The number of hydrogen-bond acceptors (Lipinski definition) is 3. The number of benzene rings is 2. The Morgan fingerprint density at radius 1 is 0.700 bits per heavy atom. The summed E-state index contributed by atoms with van der Waals surface area (Å²) < 4.78 is 0. The molecular formula is C14H13NaO5. The van der Waals surface area contributed by atoms with Crippen LogP contribution in [0.1, 0.15) is 20.7 Å². The van der Waals surface area contributed by atoms with Crippen molar-refractivity contribution in [3.05, 3.63) is 65.7 Å². The minimum atomic E-state index is -0.986. The number of aromatic hydroxyl groups is 1. The molecule has 0 saturated heterocycles. The van der Waals surface area contributed by atoms with Crippen LogP contribution in [0.4, 0.5) is 0 Å². The number of carbonyl (C=O) groups is 2. The van der Waals surface area contributed by atoms with Gasteiger partial charge in [-0.2, -0.15) is 0 Å². The van der Waals surface area contributed by atoms with Gasteiger partial charge in [-0.15, -0.1) is 0 Å². The van der Waals surface area contributed by atoms with Gasteiger partial charge in [0.25, 0.3) is 0 Å². The summed E-state index contributed by atoms with van der Waals surface area (Å²) in [5, 5.41) is 25.5. The van der Waals surface area contributed by atoms with E-state index in [1.807, 2.05) is 0 Å². The molecule has 20 heavy (non-hydrogen) atoms. The Morgan fingerprint density at radius 2 is 1.10 bits per heavy atom. The van der Waals surface area contributed by atoms with Crippen molar-refractivity contribution < 1.29 is 24.9 Å². The fraction of sp³-hybridized carbons (Fsp3) is 0. The van der Waals surface area contributed by atoms with Crippen molar-refractivity contribution in [1.29, 1.82) is 0 Å². The van der Waals surface area contributed by atoms with E-state index < -0.39 is 11.9 Å². The summed E-state index contributed by atoms with van der Waals surface area (Å²) >= 11 is 0. The summed E-state index contributed by atoms with van der Waals surface area (Å²) in [7, 11) is 0. The SMILES string of the molecule is O=C(O)c1ccc(O)cc1.O=C(O)c1ccccc1.[NaH]. The molecule has 0 atom stereocenters. The van der Waals surface area contributed by atoms with Crippen molar-refractivity contribution >= 4 is 41.5 Å². The van der Waals surface area contributed by atoms with E-state index in [2.05, 4.69) is 0 Å². The molecule has 2 aromatic rings.